The number of hydrazine groups is 1. The lowest BCUT2D eigenvalue weighted by Crippen LogP contribution is -2.64. The molecule has 0 aromatic heterocycles. The smallest absolute Gasteiger partial charge is 0.188 e. The third-order valence-electron chi connectivity index (χ3n) is 4.50. The summed E-state index contributed by atoms with van der Waals surface area (Å²) in [5, 5.41) is 78.5. The summed E-state index contributed by atoms with van der Waals surface area (Å²) in [5.74, 6) is 0. The molecule has 14 heteroatoms. The number of aliphatic hydroxyl groups is 7. The van der Waals surface area contributed by atoms with Crippen LogP contribution in [0.1, 0.15) is 0 Å². The molecule has 2 saturated heterocycles. The first-order chi connectivity index (χ1) is 13.2. The number of hydroxylamine groups is 1. The predicted octanol–water partition coefficient (Wildman–Crippen LogP) is -5.59. The number of hydrogen-bond acceptors (Lipinski definition) is 14. The fraction of sp³-hybridized carbons (Fsp3) is 1.00. The molecule has 10 unspecified atom stereocenters. The summed E-state index contributed by atoms with van der Waals surface area (Å²) in [4.78, 5) is 0. The Balaban J connectivity index is 2.04. The zero-order valence-electron chi connectivity index (χ0n) is 15.1. The maximum atomic E-state index is 10.4. The Morgan fingerprint density at radius 3 is 1.96 bits per heavy atom. The van der Waals surface area contributed by atoms with Gasteiger partial charge in [-0.1, -0.05) is 0 Å². The molecule has 0 radical (unpaired) electrons. The monoisotopic (exact) mass is 416 g/mol. The Bertz CT molecular complexity index is 470. The molecule has 2 heterocycles. The molecule has 0 aliphatic carbocycles. The van der Waals surface area contributed by atoms with E-state index in [2.05, 4.69) is 5.43 Å². The molecule has 2 rings (SSSR count). The maximum Gasteiger partial charge on any atom is 0.188 e. The summed E-state index contributed by atoms with van der Waals surface area (Å²) < 4.78 is 21.1. The number of ether oxygens (including phenoxy) is 4. The molecule has 0 saturated carbocycles. The summed E-state index contributed by atoms with van der Waals surface area (Å²) in [6, 6.07) is 0. The van der Waals surface area contributed by atoms with Crippen LogP contribution in [-0.4, -0.2) is 135 Å². The third-order valence-corrected chi connectivity index (χ3v) is 4.50. The van der Waals surface area contributed by atoms with E-state index in [0.717, 1.165) is 0 Å². The van der Waals surface area contributed by atoms with E-state index >= 15 is 0 Å². The summed E-state index contributed by atoms with van der Waals surface area (Å²) in [5.41, 5.74) is 2.34. The molecule has 9 N–H and O–H groups in total. The fourth-order valence-electron chi connectivity index (χ4n) is 2.91. The van der Waals surface area contributed by atoms with Crippen molar-refractivity contribution in [3.8, 4) is 0 Å². The van der Waals surface area contributed by atoms with Gasteiger partial charge in [0.15, 0.2) is 12.6 Å². The number of nitrogens with one attached hydrogen (secondary N) is 1. The minimum atomic E-state index is -1.74. The average molecular weight is 416 g/mol. The molecular formula is C14H28N2O12. The van der Waals surface area contributed by atoms with Gasteiger partial charge in [-0.05, 0) is 0 Å². The highest BCUT2D eigenvalue weighted by Crippen LogP contribution is 2.29. The minimum absolute atomic E-state index is 0.294. The zero-order chi connectivity index (χ0) is 21.0. The van der Waals surface area contributed by atoms with E-state index in [1.165, 1.54) is 7.05 Å². The van der Waals surface area contributed by atoms with Gasteiger partial charge in [-0.25, -0.2) is 5.43 Å². The van der Waals surface area contributed by atoms with Crippen LogP contribution < -0.4 is 5.43 Å². The highest BCUT2D eigenvalue weighted by atomic mass is 16.7. The van der Waals surface area contributed by atoms with Crippen molar-refractivity contribution in [2.24, 2.45) is 0 Å². The summed E-state index contributed by atoms with van der Waals surface area (Å²) in [6.45, 7) is -1.64. The summed E-state index contributed by atoms with van der Waals surface area (Å²) in [7, 11) is 1.28. The molecule has 0 spiro atoms. The highest BCUT2D eigenvalue weighted by Gasteiger charge is 2.50. The van der Waals surface area contributed by atoms with Crippen LogP contribution in [0, 0.1) is 0 Å². The Morgan fingerprint density at radius 1 is 0.821 bits per heavy atom. The van der Waals surface area contributed by atoms with Gasteiger partial charge in [-0.2, -0.15) is 0 Å². The van der Waals surface area contributed by atoms with E-state index in [1.807, 2.05) is 0 Å². The van der Waals surface area contributed by atoms with E-state index in [4.69, 9.17) is 24.2 Å². The van der Waals surface area contributed by atoms with E-state index in [-0.39, 0.29) is 6.73 Å². The van der Waals surface area contributed by atoms with Crippen LogP contribution in [0.15, 0.2) is 0 Å². The van der Waals surface area contributed by atoms with Crippen molar-refractivity contribution in [1.82, 2.24) is 10.6 Å². The Kier molecular flexibility index (Phi) is 8.86. The molecule has 10 atom stereocenters. The lowest BCUT2D eigenvalue weighted by molar-refractivity contribution is -0.361. The fourth-order valence-corrected chi connectivity index (χ4v) is 2.91. The molecule has 0 amide bonds. The van der Waals surface area contributed by atoms with E-state index in [9.17, 15) is 35.7 Å². The van der Waals surface area contributed by atoms with E-state index in [1.54, 1.807) is 0 Å². The molecular weight excluding hydrogens is 388 g/mol. The predicted molar refractivity (Wildman–Crippen MR) is 85.0 cm³/mol. The van der Waals surface area contributed by atoms with Crippen molar-refractivity contribution in [3.63, 3.8) is 0 Å². The average Bonchev–Trinajstić information content (AvgIpc) is 2.66. The Labute approximate surface area is 160 Å². The Morgan fingerprint density at radius 2 is 1.39 bits per heavy atom. The summed E-state index contributed by atoms with van der Waals surface area (Å²) >= 11 is 0. The van der Waals surface area contributed by atoms with E-state index in [0.29, 0.717) is 5.17 Å². The van der Waals surface area contributed by atoms with Crippen LogP contribution in [-0.2, 0) is 18.9 Å². The first-order valence-corrected chi connectivity index (χ1v) is 8.57. The molecule has 2 aliphatic rings. The highest BCUT2D eigenvalue weighted by molar-refractivity contribution is 4.94. The van der Waals surface area contributed by atoms with Gasteiger partial charge in [0, 0.05) is 7.05 Å². The van der Waals surface area contributed by atoms with Crippen molar-refractivity contribution in [1.29, 1.82) is 0 Å². The van der Waals surface area contributed by atoms with Crippen molar-refractivity contribution in [3.05, 3.63) is 0 Å². The first kappa shape index (κ1) is 23.7. The summed E-state index contributed by atoms with van der Waals surface area (Å²) in [6.07, 6.45) is -15.2. The van der Waals surface area contributed by atoms with Gasteiger partial charge in [-0.15, -0.1) is 5.17 Å². The van der Waals surface area contributed by atoms with Gasteiger partial charge in [-0.3, -0.25) is 5.21 Å². The lowest BCUT2D eigenvalue weighted by atomic mass is 9.97. The topological polar surface area (TPSA) is 214 Å². The first-order valence-electron chi connectivity index (χ1n) is 8.57. The van der Waals surface area contributed by atoms with Crippen LogP contribution in [0.3, 0.4) is 0 Å². The van der Waals surface area contributed by atoms with Crippen LogP contribution in [0.2, 0.25) is 0 Å². The molecule has 28 heavy (non-hydrogen) atoms. The second-order valence-electron chi connectivity index (χ2n) is 6.50. The normalized spacial score (nSPS) is 44.8. The quantitative estimate of drug-likeness (QED) is 0.133. The van der Waals surface area contributed by atoms with Gasteiger partial charge in [0.25, 0.3) is 0 Å². The van der Waals surface area contributed by atoms with Crippen molar-refractivity contribution < 1.29 is 59.9 Å². The number of nitrogens with zero attached hydrogens (tertiary/aromatic N) is 1. The van der Waals surface area contributed by atoms with E-state index < -0.39 is 74.6 Å². The molecule has 166 valence electrons. The number of rotatable bonds is 8. The second-order valence-corrected chi connectivity index (χ2v) is 6.50. The molecule has 14 nitrogen and oxygen atoms in total. The van der Waals surface area contributed by atoms with Gasteiger partial charge < -0.3 is 54.7 Å². The second kappa shape index (κ2) is 10.5. The van der Waals surface area contributed by atoms with Gasteiger partial charge >= 0.3 is 0 Å². The van der Waals surface area contributed by atoms with Crippen molar-refractivity contribution >= 4 is 0 Å². The van der Waals surface area contributed by atoms with Crippen molar-refractivity contribution in [2.75, 3.05) is 27.0 Å². The number of aliphatic hydroxyl groups excluding tert-OH is 7. The molecule has 2 aliphatic heterocycles. The third kappa shape index (κ3) is 5.32. The molecule has 0 aromatic carbocycles. The molecule has 0 bridgehead atoms. The van der Waals surface area contributed by atoms with Crippen molar-refractivity contribution in [2.45, 2.75) is 61.4 Å². The largest absolute Gasteiger partial charge is 0.394 e. The Hall–Kier alpha value is -0.560. The SMILES string of the molecule is CN(O)NCOC1OC(CO)C(OC2OC(CO)C(O)C(O)C2O)C(O)C1O. The van der Waals surface area contributed by atoms with Gasteiger partial charge in [0.2, 0.25) is 0 Å². The van der Waals surface area contributed by atoms with Crippen LogP contribution in [0.25, 0.3) is 0 Å². The van der Waals surface area contributed by atoms with Crippen LogP contribution >= 0.6 is 0 Å². The lowest BCUT2D eigenvalue weighted by Gasteiger charge is -2.45. The van der Waals surface area contributed by atoms with Gasteiger partial charge in [0.1, 0.15) is 55.6 Å². The van der Waals surface area contributed by atoms with Crippen LogP contribution in [0.5, 0.6) is 0 Å². The zero-order valence-corrected chi connectivity index (χ0v) is 15.1. The standard InChI is InChI=1S/C14H28N2O12/c1-16(24)15-4-25-13-11(23)9(21)12(6(3-18)27-13)28-14-10(22)8(20)7(19)5(2-17)26-14/h5-15,17-24H,2-4H2,1H3. The number of hydrogen-bond donors (Lipinski definition) is 9. The van der Waals surface area contributed by atoms with Crippen LogP contribution in [0.4, 0.5) is 0 Å². The maximum absolute atomic E-state index is 10.4. The minimum Gasteiger partial charge on any atom is -0.394 e. The molecule has 2 fully saturated rings. The molecule has 0 aromatic rings. The van der Waals surface area contributed by atoms with Gasteiger partial charge in [0.05, 0.1) is 13.2 Å².